The van der Waals surface area contributed by atoms with Crippen molar-refractivity contribution in [2.75, 3.05) is 0 Å². The van der Waals surface area contributed by atoms with Gasteiger partial charge in [0.1, 0.15) is 11.5 Å². The summed E-state index contributed by atoms with van der Waals surface area (Å²) in [4.78, 5) is 0. The average molecular weight is 403 g/mol. The predicted molar refractivity (Wildman–Crippen MR) is 122 cm³/mol. The fourth-order valence-corrected chi connectivity index (χ4v) is 5.08. The van der Waals surface area contributed by atoms with E-state index in [-0.39, 0.29) is 17.4 Å². The minimum Gasteiger partial charge on any atom is -0.508 e. The highest BCUT2D eigenvalue weighted by atomic mass is 16.3. The maximum atomic E-state index is 10.9. The molecule has 3 aromatic rings. The Balaban J connectivity index is 1.92. The summed E-state index contributed by atoms with van der Waals surface area (Å²) in [6.45, 7) is 1.91. The fourth-order valence-electron chi connectivity index (χ4n) is 5.08. The van der Waals surface area contributed by atoms with Crippen molar-refractivity contribution in [1.29, 1.82) is 0 Å². The average Bonchev–Trinajstić information content (AvgIpc) is 2.76. The molecule has 3 aromatic carbocycles. The van der Waals surface area contributed by atoms with Crippen LogP contribution in [0.25, 0.3) is 22.3 Å². The minimum absolute atomic E-state index is 0.0613. The third kappa shape index (κ3) is 4.22. The summed E-state index contributed by atoms with van der Waals surface area (Å²) in [5.41, 5.74) is 5.37. The molecule has 0 spiro atoms. The van der Waals surface area contributed by atoms with Crippen LogP contribution in [0, 0.1) is 5.92 Å². The van der Waals surface area contributed by atoms with Crippen molar-refractivity contribution in [3.63, 3.8) is 0 Å². The lowest BCUT2D eigenvalue weighted by Gasteiger charge is -2.34. The van der Waals surface area contributed by atoms with Crippen molar-refractivity contribution < 1.29 is 15.3 Å². The van der Waals surface area contributed by atoms with Gasteiger partial charge in [-0.25, -0.2) is 0 Å². The number of benzene rings is 3. The molecule has 1 aliphatic rings. The first-order valence-electron chi connectivity index (χ1n) is 10.9. The Morgan fingerprint density at radius 1 is 0.733 bits per heavy atom. The van der Waals surface area contributed by atoms with Crippen molar-refractivity contribution in [3.8, 4) is 33.8 Å². The second-order valence-electron chi connectivity index (χ2n) is 8.53. The summed E-state index contributed by atoms with van der Waals surface area (Å²) >= 11 is 0. The van der Waals surface area contributed by atoms with E-state index in [1.54, 1.807) is 24.3 Å². The van der Waals surface area contributed by atoms with Gasteiger partial charge in [-0.2, -0.15) is 0 Å². The summed E-state index contributed by atoms with van der Waals surface area (Å²) < 4.78 is 0. The number of aliphatic hydroxyl groups is 1. The number of aliphatic hydroxyl groups excluding tert-OH is 1. The van der Waals surface area contributed by atoms with Crippen LogP contribution in [0.3, 0.4) is 0 Å². The smallest absolute Gasteiger partial charge is 0.115 e. The van der Waals surface area contributed by atoms with E-state index in [4.69, 9.17) is 0 Å². The first kappa shape index (κ1) is 20.5. The van der Waals surface area contributed by atoms with Crippen molar-refractivity contribution in [1.82, 2.24) is 0 Å². The molecule has 0 amide bonds. The molecule has 2 atom stereocenters. The molecule has 30 heavy (non-hydrogen) atoms. The summed E-state index contributed by atoms with van der Waals surface area (Å²) in [6, 6.07) is 20.9. The quantitative estimate of drug-likeness (QED) is 0.458. The Kier molecular flexibility index (Phi) is 6.10. The standard InChI is InChI=1S/C27H30O3/c1-18(28)26(20-6-3-2-4-7-20)25-9-5-8-24(19-10-14-22(29)15-11-19)27(25)21-12-16-23(30)17-13-21/h5,8-18,20,26,28-30H,2-4,6-7H2,1H3. The SMILES string of the molecule is CC(O)C(c1cccc(-c2ccc(O)cc2)c1-c1ccc(O)cc1)C1CCCCC1. The molecular weight excluding hydrogens is 372 g/mol. The molecule has 2 unspecified atom stereocenters. The second-order valence-corrected chi connectivity index (χ2v) is 8.53. The van der Waals surface area contributed by atoms with Gasteiger partial charge in [-0.1, -0.05) is 61.7 Å². The van der Waals surface area contributed by atoms with Crippen LogP contribution in [-0.4, -0.2) is 21.4 Å². The van der Waals surface area contributed by atoms with Gasteiger partial charge in [-0.05, 0) is 77.8 Å². The Hall–Kier alpha value is -2.78. The van der Waals surface area contributed by atoms with Crippen molar-refractivity contribution >= 4 is 0 Å². The van der Waals surface area contributed by atoms with E-state index in [1.807, 2.05) is 31.2 Å². The van der Waals surface area contributed by atoms with Crippen molar-refractivity contribution in [3.05, 3.63) is 72.3 Å². The van der Waals surface area contributed by atoms with Crippen molar-refractivity contribution in [2.45, 2.75) is 51.0 Å². The van der Waals surface area contributed by atoms with Crippen LogP contribution in [0.4, 0.5) is 0 Å². The van der Waals surface area contributed by atoms with Gasteiger partial charge in [0.05, 0.1) is 6.10 Å². The highest BCUT2D eigenvalue weighted by Gasteiger charge is 2.31. The van der Waals surface area contributed by atoms with Gasteiger partial charge in [0, 0.05) is 5.92 Å². The Morgan fingerprint density at radius 3 is 1.87 bits per heavy atom. The largest absolute Gasteiger partial charge is 0.508 e. The molecule has 0 radical (unpaired) electrons. The second kappa shape index (κ2) is 8.93. The number of aromatic hydroxyl groups is 2. The molecule has 3 nitrogen and oxygen atoms in total. The Bertz CT molecular complexity index is 968. The zero-order chi connectivity index (χ0) is 21.1. The summed E-state index contributed by atoms with van der Waals surface area (Å²) in [6.07, 6.45) is 5.57. The third-order valence-electron chi connectivity index (χ3n) is 6.47. The molecule has 1 aliphatic carbocycles. The molecule has 156 valence electrons. The Labute approximate surface area is 178 Å². The van der Waals surface area contributed by atoms with Gasteiger partial charge in [0.15, 0.2) is 0 Å². The van der Waals surface area contributed by atoms with E-state index in [1.165, 1.54) is 19.3 Å². The molecule has 0 aliphatic heterocycles. The molecule has 1 saturated carbocycles. The number of phenolic OH excluding ortho intramolecular Hbond substituents is 2. The number of rotatable bonds is 5. The van der Waals surface area contributed by atoms with Crippen LogP contribution in [0.15, 0.2) is 66.7 Å². The summed E-state index contributed by atoms with van der Waals surface area (Å²) in [5, 5.41) is 30.4. The number of phenols is 2. The van der Waals surface area contributed by atoms with E-state index in [2.05, 4.69) is 18.2 Å². The van der Waals surface area contributed by atoms with E-state index in [0.29, 0.717) is 5.92 Å². The third-order valence-corrected chi connectivity index (χ3v) is 6.47. The van der Waals surface area contributed by atoms with Gasteiger partial charge >= 0.3 is 0 Å². The highest BCUT2D eigenvalue weighted by molar-refractivity contribution is 5.86. The first-order chi connectivity index (χ1) is 14.5. The molecular formula is C27H30O3. The van der Waals surface area contributed by atoms with Crippen LogP contribution in [0.2, 0.25) is 0 Å². The van der Waals surface area contributed by atoms with E-state index in [9.17, 15) is 15.3 Å². The fraction of sp³-hybridized carbons (Fsp3) is 0.333. The van der Waals surface area contributed by atoms with Crippen LogP contribution >= 0.6 is 0 Å². The first-order valence-corrected chi connectivity index (χ1v) is 10.9. The van der Waals surface area contributed by atoms with Gasteiger partial charge in [-0.15, -0.1) is 0 Å². The van der Waals surface area contributed by atoms with Crippen LogP contribution in [-0.2, 0) is 0 Å². The lowest BCUT2D eigenvalue weighted by molar-refractivity contribution is 0.117. The number of hydrogen-bond acceptors (Lipinski definition) is 3. The molecule has 0 saturated heterocycles. The van der Waals surface area contributed by atoms with Crippen LogP contribution in [0.1, 0.15) is 50.5 Å². The van der Waals surface area contributed by atoms with Crippen LogP contribution in [0.5, 0.6) is 11.5 Å². The van der Waals surface area contributed by atoms with E-state index >= 15 is 0 Å². The van der Waals surface area contributed by atoms with Gasteiger partial charge in [0.2, 0.25) is 0 Å². The Morgan fingerprint density at radius 2 is 1.30 bits per heavy atom. The van der Waals surface area contributed by atoms with Gasteiger partial charge < -0.3 is 15.3 Å². The van der Waals surface area contributed by atoms with E-state index < -0.39 is 6.10 Å². The number of hydrogen-bond donors (Lipinski definition) is 3. The van der Waals surface area contributed by atoms with E-state index in [0.717, 1.165) is 40.7 Å². The highest BCUT2D eigenvalue weighted by Crippen LogP contribution is 2.45. The zero-order valence-electron chi connectivity index (χ0n) is 17.5. The predicted octanol–water partition coefficient (Wildman–Crippen LogP) is 6.48. The molecule has 4 rings (SSSR count). The monoisotopic (exact) mass is 402 g/mol. The summed E-state index contributed by atoms with van der Waals surface area (Å²) in [7, 11) is 0. The normalized spacial score (nSPS) is 16.9. The molecule has 0 heterocycles. The van der Waals surface area contributed by atoms with Gasteiger partial charge in [-0.3, -0.25) is 0 Å². The topological polar surface area (TPSA) is 60.7 Å². The minimum atomic E-state index is -0.445. The lowest BCUT2D eigenvalue weighted by atomic mass is 9.72. The van der Waals surface area contributed by atoms with Crippen molar-refractivity contribution in [2.24, 2.45) is 5.92 Å². The van der Waals surface area contributed by atoms with Crippen LogP contribution < -0.4 is 0 Å². The summed E-state index contributed by atoms with van der Waals surface area (Å²) in [5.74, 6) is 1.00. The molecule has 1 fully saturated rings. The maximum absolute atomic E-state index is 10.9. The molecule has 0 bridgehead atoms. The zero-order valence-corrected chi connectivity index (χ0v) is 17.5. The molecule has 0 aromatic heterocycles. The lowest BCUT2D eigenvalue weighted by Crippen LogP contribution is -2.26. The molecule has 3 N–H and O–H groups in total. The molecule has 3 heteroatoms. The maximum Gasteiger partial charge on any atom is 0.115 e. The van der Waals surface area contributed by atoms with Gasteiger partial charge in [0.25, 0.3) is 0 Å².